The molecule has 0 aromatic carbocycles. The molecule has 0 saturated heterocycles. The highest BCUT2D eigenvalue weighted by molar-refractivity contribution is 5.27. The summed E-state index contributed by atoms with van der Waals surface area (Å²) < 4.78 is 39.3. The molecule has 0 bridgehead atoms. The first-order valence-corrected chi connectivity index (χ1v) is 6.00. The van der Waals surface area contributed by atoms with Crippen molar-refractivity contribution in [2.75, 3.05) is 5.32 Å². The van der Waals surface area contributed by atoms with Crippen molar-refractivity contribution >= 4 is 5.95 Å². The van der Waals surface area contributed by atoms with E-state index in [1.165, 1.54) is 0 Å². The van der Waals surface area contributed by atoms with E-state index >= 15 is 0 Å². The van der Waals surface area contributed by atoms with Crippen LogP contribution in [-0.4, -0.2) is 25.8 Å². The Bertz CT molecular complexity index is 578. The molecule has 0 aliphatic heterocycles. The molecule has 108 valence electrons. The Balaban J connectivity index is 2.02. The lowest BCUT2D eigenvalue weighted by atomic mass is 10.3. The number of aryl methyl sites for hydroxylation is 1. The lowest BCUT2D eigenvalue weighted by Gasteiger charge is -2.14. The van der Waals surface area contributed by atoms with Gasteiger partial charge < -0.3 is 5.32 Å². The average molecular weight is 285 g/mol. The van der Waals surface area contributed by atoms with E-state index in [4.69, 9.17) is 0 Å². The summed E-state index contributed by atoms with van der Waals surface area (Å²) in [5.41, 5.74) is 0.0599. The fourth-order valence-electron chi connectivity index (χ4n) is 1.70. The third-order valence-corrected chi connectivity index (χ3v) is 2.54. The topological polar surface area (TPSA) is 55.6 Å². The SMILES string of the molecule is Cc1cnn(CC(C)Nc2nccc(C(F)(F)F)n2)c1. The van der Waals surface area contributed by atoms with Crippen molar-refractivity contribution in [2.45, 2.75) is 32.6 Å². The zero-order chi connectivity index (χ0) is 14.8. The van der Waals surface area contributed by atoms with Crippen molar-refractivity contribution < 1.29 is 13.2 Å². The van der Waals surface area contributed by atoms with Gasteiger partial charge >= 0.3 is 6.18 Å². The molecule has 1 N–H and O–H groups in total. The van der Waals surface area contributed by atoms with Gasteiger partial charge in [0, 0.05) is 18.4 Å². The number of alkyl halides is 3. The highest BCUT2D eigenvalue weighted by Gasteiger charge is 2.32. The summed E-state index contributed by atoms with van der Waals surface area (Å²) in [6.45, 7) is 4.24. The number of rotatable bonds is 4. The van der Waals surface area contributed by atoms with Gasteiger partial charge in [0.2, 0.25) is 5.95 Å². The zero-order valence-electron chi connectivity index (χ0n) is 11.0. The second-order valence-corrected chi connectivity index (χ2v) is 4.55. The Labute approximate surface area is 113 Å². The summed E-state index contributed by atoms with van der Waals surface area (Å²) in [7, 11) is 0. The van der Waals surface area contributed by atoms with Gasteiger partial charge in [0.1, 0.15) is 5.69 Å². The van der Waals surface area contributed by atoms with Crippen LogP contribution in [0.5, 0.6) is 0 Å². The second-order valence-electron chi connectivity index (χ2n) is 4.55. The van der Waals surface area contributed by atoms with Crippen LogP contribution in [0.15, 0.2) is 24.7 Å². The van der Waals surface area contributed by atoms with Crippen LogP contribution in [0.2, 0.25) is 0 Å². The third kappa shape index (κ3) is 3.69. The summed E-state index contributed by atoms with van der Waals surface area (Å²) in [5, 5.41) is 6.94. The van der Waals surface area contributed by atoms with Crippen molar-refractivity contribution in [1.29, 1.82) is 0 Å². The smallest absolute Gasteiger partial charge is 0.350 e. The quantitative estimate of drug-likeness (QED) is 0.937. The van der Waals surface area contributed by atoms with E-state index in [1.807, 2.05) is 20.0 Å². The number of aromatic nitrogens is 4. The van der Waals surface area contributed by atoms with Crippen LogP contribution in [-0.2, 0) is 12.7 Å². The Kier molecular flexibility index (Phi) is 3.91. The van der Waals surface area contributed by atoms with Crippen molar-refractivity contribution in [1.82, 2.24) is 19.7 Å². The third-order valence-electron chi connectivity index (χ3n) is 2.54. The minimum absolute atomic E-state index is 0.0452. The van der Waals surface area contributed by atoms with Gasteiger partial charge in [-0.2, -0.15) is 18.3 Å². The lowest BCUT2D eigenvalue weighted by Crippen LogP contribution is -2.24. The predicted molar refractivity (Wildman–Crippen MR) is 67.1 cm³/mol. The molecule has 0 saturated carbocycles. The molecule has 2 aromatic rings. The Morgan fingerprint density at radius 1 is 1.40 bits per heavy atom. The van der Waals surface area contributed by atoms with Crippen LogP contribution in [0, 0.1) is 6.92 Å². The molecule has 0 aliphatic rings. The Morgan fingerprint density at radius 3 is 2.75 bits per heavy atom. The van der Waals surface area contributed by atoms with E-state index in [0.717, 1.165) is 17.8 Å². The first kappa shape index (κ1) is 14.3. The van der Waals surface area contributed by atoms with E-state index in [-0.39, 0.29) is 12.0 Å². The van der Waals surface area contributed by atoms with E-state index in [0.29, 0.717) is 6.54 Å². The van der Waals surface area contributed by atoms with Gasteiger partial charge in [-0.15, -0.1) is 0 Å². The standard InChI is InChI=1S/C12H14F3N5/c1-8-5-17-20(6-8)7-9(2)18-11-16-4-3-10(19-11)12(13,14)15/h3-6,9H,7H2,1-2H3,(H,16,18,19). The van der Waals surface area contributed by atoms with Crippen molar-refractivity contribution in [2.24, 2.45) is 0 Å². The number of nitrogens with zero attached hydrogens (tertiary/aromatic N) is 4. The summed E-state index contributed by atoms with van der Waals surface area (Å²) in [4.78, 5) is 7.24. The number of nitrogens with one attached hydrogen (secondary N) is 1. The maximum Gasteiger partial charge on any atom is 0.433 e. The molecule has 0 spiro atoms. The van der Waals surface area contributed by atoms with Crippen LogP contribution in [0.25, 0.3) is 0 Å². The molecule has 0 amide bonds. The van der Waals surface area contributed by atoms with Gasteiger partial charge in [0.15, 0.2) is 0 Å². The molecule has 5 nitrogen and oxygen atoms in total. The fraction of sp³-hybridized carbons (Fsp3) is 0.417. The fourth-order valence-corrected chi connectivity index (χ4v) is 1.70. The summed E-state index contributed by atoms with van der Waals surface area (Å²) >= 11 is 0. The summed E-state index contributed by atoms with van der Waals surface area (Å²) in [6, 6.07) is 0.685. The number of anilines is 1. The summed E-state index contributed by atoms with van der Waals surface area (Å²) in [5.74, 6) is -0.0452. The van der Waals surface area contributed by atoms with E-state index in [1.54, 1.807) is 10.9 Å². The molecule has 2 rings (SSSR count). The lowest BCUT2D eigenvalue weighted by molar-refractivity contribution is -0.141. The predicted octanol–water partition coefficient (Wildman–Crippen LogP) is 2.50. The van der Waals surface area contributed by atoms with Gasteiger partial charge in [0.25, 0.3) is 0 Å². The minimum atomic E-state index is -4.47. The van der Waals surface area contributed by atoms with E-state index in [2.05, 4.69) is 20.4 Å². The van der Waals surface area contributed by atoms with E-state index in [9.17, 15) is 13.2 Å². The van der Waals surface area contributed by atoms with Gasteiger partial charge in [-0.25, -0.2) is 9.97 Å². The van der Waals surface area contributed by atoms with Gasteiger partial charge in [-0.3, -0.25) is 4.68 Å². The number of halogens is 3. The van der Waals surface area contributed by atoms with Crippen LogP contribution in [0.3, 0.4) is 0 Å². The largest absolute Gasteiger partial charge is 0.433 e. The first-order valence-electron chi connectivity index (χ1n) is 6.00. The maximum atomic E-state index is 12.5. The first-order chi connectivity index (χ1) is 9.34. The molecule has 2 heterocycles. The molecule has 20 heavy (non-hydrogen) atoms. The second kappa shape index (κ2) is 5.48. The zero-order valence-corrected chi connectivity index (χ0v) is 11.0. The maximum absolute atomic E-state index is 12.5. The van der Waals surface area contributed by atoms with Crippen molar-refractivity contribution in [3.63, 3.8) is 0 Å². The molecule has 0 fully saturated rings. The van der Waals surface area contributed by atoms with Crippen LogP contribution in [0.4, 0.5) is 19.1 Å². The number of hydrogen-bond donors (Lipinski definition) is 1. The van der Waals surface area contributed by atoms with Crippen molar-refractivity contribution in [3.8, 4) is 0 Å². The molecule has 2 aromatic heterocycles. The van der Waals surface area contributed by atoms with Gasteiger partial charge in [0.05, 0.1) is 12.7 Å². The molecule has 0 aliphatic carbocycles. The highest BCUT2D eigenvalue weighted by Crippen LogP contribution is 2.27. The average Bonchev–Trinajstić information content (AvgIpc) is 2.73. The monoisotopic (exact) mass is 285 g/mol. The minimum Gasteiger partial charge on any atom is -0.350 e. The molecular weight excluding hydrogens is 271 g/mol. The Morgan fingerprint density at radius 2 is 2.15 bits per heavy atom. The Hall–Kier alpha value is -2.12. The van der Waals surface area contributed by atoms with Crippen molar-refractivity contribution in [3.05, 3.63) is 35.9 Å². The molecule has 1 atom stereocenters. The highest BCUT2D eigenvalue weighted by atomic mass is 19.4. The number of hydrogen-bond acceptors (Lipinski definition) is 4. The van der Waals surface area contributed by atoms with Gasteiger partial charge in [-0.05, 0) is 25.5 Å². The van der Waals surface area contributed by atoms with E-state index < -0.39 is 11.9 Å². The van der Waals surface area contributed by atoms with Crippen LogP contribution in [0.1, 0.15) is 18.2 Å². The molecule has 0 radical (unpaired) electrons. The molecule has 8 heteroatoms. The summed E-state index contributed by atoms with van der Waals surface area (Å²) in [6.07, 6.45) is 0.184. The molecular formula is C12H14F3N5. The van der Waals surface area contributed by atoms with Crippen LogP contribution >= 0.6 is 0 Å². The normalized spacial score (nSPS) is 13.2. The van der Waals surface area contributed by atoms with Crippen LogP contribution < -0.4 is 5.32 Å². The molecule has 1 unspecified atom stereocenters. The van der Waals surface area contributed by atoms with Gasteiger partial charge in [-0.1, -0.05) is 0 Å².